The summed E-state index contributed by atoms with van der Waals surface area (Å²) in [5.74, 6) is -1.53. The number of hydrogen-bond acceptors (Lipinski definition) is 7. The van der Waals surface area contributed by atoms with E-state index in [-0.39, 0.29) is 35.0 Å². The number of likely N-dealkylation sites (N-methyl/N-ethyl adjacent to an activating group) is 1. The normalized spacial score (nSPS) is 18.3. The molecule has 38 heavy (non-hydrogen) atoms. The summed E-state index contributed by atoms with van der Waals surface area (Å²) < 4.78 is 56.4. The third kappa shape index (κ3) is 5.09. The highest BCUT2D eigenvalue weighted by Crippen LogP contribution is 2.43. The van der Waals surface area contributed by atoms with Crippen molar-refractivity contribution in [3.8, 4) is 17.0 Å². The molecule has 2 aliphatic heterocycles. The number of fused-ring (bicyclic) bond motifs is 1. The van der Waals surface area contributed by atoms with Gasteiger partial charge in [-0.15, -0.1) is 0 Å². The monoisotopic (exact) mass is 527 g/mol. The van der Waals surface area contributed by atoms with Crippen molar-refractivity contribution in [3.05, 3.63) is 54.0 Å². The molecule has 1 aromatic heterocycles. The third-order valence-corrected chi connectivity index (χ3v) is 6.94. The average Bonchev–Trinajstić information content (AvgIpc) is 3.40. The first-order valence-corrected chi connectivity index (χ1v) is 12.7. The molecule has 1 unspecified atom stereocenters. The number of aromatic nitrogens is 2. The largest absolute Gasteiger partial charge is 0.481 e. The Labute approximate surface area is 220 Å². The van der Waals surface area contributed by atoms with Gasteiger partial charge in [-0.25, -0.2) is 23.1 Å². The van der Waals surface area contributed by atoms with Crippen LogP contribution in [0.4, 0.5) is 36.2 Å². The van der Waals surface area contributed by atoms with Gasteiger partial charge in [-0.2, -0.15) is 0 Å². The lowest BCUT2D eigenvalue weighted by atomic mass is 10.0. The van der Waals surface area contributed by atoms with Crippen molar-refractivity contribution in [2.75, 3.05) is 41.9 Å². The zero-order valence-corrected chi connectivity index (χ0v) is 22.2. The molecule has 0 spiro atoms. The number of rotatable bonds is 6. The van der Waals surface area contributed by atoms with Gasteiger partial charge in [-0.1, -0.05) is 0 Å². The number of nitrogens with one attached hydrogen (secondary N) is 1. The van der Waals surface area contributed by atoms with Crippen LogP contribution in [0.1, 0.15) is 34.1 Å². The topological polar surface area (TPSA) is 62.8 Å². The minimum atomic E-state index is -0.704. The lowest BCUT2D eigenvalue weighted by Crippen LogP contribution is -2.49. The Kier molecular flexibility index (Phi) is 6.85. The van der Waals surface area contributed by atoms with Crippen molar-refractivity contribution in [1.29, 1.82) is 0 Å². The van der Waals surface area contributed by atoms with E-state index < -0.39 is 23.1 Å². The first kappa shape index (κ1) is 26.1. The first-order valence-electron chi connectivity index (χ1n) is 12.7. The molecule has 7 nitrogen and oxygen atoms in total. The number of nitrogens with zero attached hydrogens (tertiary/aromatic N) is 4. The zero-order valence-electron chi connectivity index (χ0n) is 22.2. The summed E-state index contributed by atoms with van der Waals surface area (Å²) in [4.78, 5) is 12.2. The van der Waals surface area contributed by atoms with E-state index >= 15 is 4.39 Å². The van der Waals surface area contributed by atoms with Crippen LogP contribution in [0.3, 0.4) is 0 Å². The van der Waals surface area contributed by atoms with E-state index in [0.717, 1.165) is 12.6 Å². The molecule has 2 aliphatic rings. The number of benzene rings is 2. The van der Waals surface area contributed by atoms with Gasteiger partial charge < -0.3 is 24.6 Å². The summed E-state index contributed by atoms with van der Waals surface area (Å²) in [5, 5.41) is 2.93. The maximum absolute atomic E-state index is 15.2. The molecule has 1 N–H and O–H groups in total. The zero-order chi connectivity index (χ0) is 27.2. The van der Waals surface area contributed by atoms with Crippen LogP contribution in [0.5, 0.6) is 5.75 Å². The van der Waals surface area contributed by atoms with Gasteiger partial charge in [0.2, 0.25) is 5.95 Å². The minimum Gasteiger partial charge on any atom is -0.481 e. The number of hydrogen-bond donors (Lipinski definition) is 1. The first-order chi connectivity index (χ1) is 18.0. The molecule has 0 saturated carbocycles. The molecular formula is C28H32F3N5O2. The van der Waals surface area contributed by atoms with Crippen molar-refractivity contribution in [2.45, 2.75) is 51.8 Å². The minimum absolute atomic E-state index is 0.0577. The van der Waals surface area contributed by atoms with Crippen molar-refractivity contribution in [3.63, 3.8) is 0 Å². The summed E-state index contributed by atoms with van der Waals surface area (Å²) in [6, 6.07) is 7.79. The van der Waals surface area contributed by atoms with Crippen LogP contribution < -0.4 is 19.9 Å². The Morgan fingerprint density at radius 2 is 1.89 bits per heavy atom. The summed E-state index contributed by atoms with van der Waals surface area (Å²) >= 11 is 0. The lowest BCUT2D eigenvalue weighted by molar-refractivity contribution is 0.0967. The fraction of sp³-hybridized carbons (Fsp3) is 0.429. The summed E-state index contributed by atoms with van der Waals surface area (Å²) in [5.41, 5.74) is 0.989. The standard InChI is InChI=1S/C28H32F3N5O2/c1-16(2)36-15-28(3,4)38-26-21(30)10-17(11-24(26)36)25-22(31)13-32-27(34-25)33-18-6-7-23(20(29)12-18)35(5)19-8-9-37-14-19/h6-7,10-13,16,19H,8-9,14-15H2,1-5H3,(H,32,33,34). The van der Waals surface area contributed by atoms with E-state index in [1.54, 1.807) is 18.2 Å². The van der Waals surface area contributed by atoms with E-state index in [2.05, 4.69) is 15.3 Å². The van der Waals surface area contributed by atoms with Crippen LogP contribution in [0, 0.1) is 17.5 Å². The second kappa shape index (κ2) is 9.98. The molecule has 2 aromatic carbocycles. The van der Waals surface area contributed by atoms with Gasteiger partial charge >= 0.3 is 0 Å². The fourth-order valence-corrected chi connectivity index (χ4v) is 4.95. The molecule has 1 atom stereocenters. The molecule has 0 aliphatic carbocycles. The van der Waals surface area contributed by atoms with Crippen LogP contribution in [-0.2, 0) is 4.74 Å². The van der Waals surface area contributed by atoms with Crippen LogP contribution in [0.15, 0.2) is 36.5 Å². The number of ether oxygens (including phenoxy) is 2. The van der Waals surface area contributed by atoms with Gasteiger partial charge in [-0.05, 0) is 64.4 Å². The molecule has 0 radical (unpaired) electrons. The number of anilines is 4. The van der Waals surface area contributed by atoms with Crippen molar-refractivity contribution < 1.29 is 22.6 Å². The van der Waals surface area contributed by atoms with Gasteiger partial charge in [0.25, 0.3) is 0 Å². The average molecular weight is 528 g/mol. The molecule has 1 fully saturated rings. The third-order valence-electron chi connectivity index (χ3n) is 6.94. The van der Waals surface area contributed by atoms with Gasteiger partial charge in [-0.3, -0.25) is 0 Å². The van der Waals surface area contributed by atoms with E-state index in [9.17, 15) is 8.78 Å². The maximum atomic E-state index is 15.2. The Morgan fingerprint density at radius 3 is 2.58 bits per heavy atom. The molecule has 10 heteroatoms. The maximum Gasteiger partial charge on any atom is 0.227 e. The van der Waals surface area contributed by atoms with E-state index in [1.165, 1.54) is 12.1 Å². The smallest absolute Gasteiger partial charge is 0.227 e. The van der Waals surface area contributed by atoms with Gasteiger partial charge in [0.1, 0.15) is 17.1 Å². The molecule has 1 saturated heterocycles. The fourth-order valence-electron chi connectivity index (χ4n) is 4.95. The molecule has 3 heterocycles. The molecule has 0 amide bonds. The molecule has 5 rings (SSSR count). The summed E-state index contributed by atoms with van der Waals surface area (Å²) in [6.07, 6.45) is 1.85. The Bertz CT molecular complexity index is 1340. The highest BCUT2D eigenvalue weighted by molar-refractivity contribution is 5.73. The molecule has 3 aromatic rings. The Hall–Kier alpha value is -3.53. The highest BCUT2D eigenvalue weighted by atomic mass is 19.1. The van der Waals surface area contributed by atoms with Gasteiger partial charge in [0, 0.05) is 30.9 Å². The predicted octanol–water partition coefficient (Wildman–Crippen LogP) is 5.92. The second-order valence-electron chi connectivity index (χ2n) is 10.7. The SMILES string of the molecule is CC(C)N1CC(C)(C)Oc2c(F)cc(-c3nc(Nc4ccc(N(C)C5CCOC5)c(F)c4)ncc3F)cc21. The molecular weight excluding hydrogens is 495 g/mol. The van der Waals surface area contributed by atoms with Crippen molar-refractivity contribution in [1.82, 2.24) is 9.97 Å². The summed E-state index contributed by atoms with van der Waals surface area (Å²) in [7, 11) is 1.84. The van der Waals surface area contributed by atoms with Crippen molar-refractivity contribution >= 4 is 23.0 Å². The van der Waals surface area contributed by atoms with Crippen LogP contribution in [0.25, 0.3) is 11.3 Å². The van der Waals surface area contributed by atoms with E-state index in [4.69, 9.17) is 9.47 Å². The molecule has 0 bridgehead atoms. The van der Waals surface area contributed by atoms with Crippen LogP contribution in [-0.4, -0.2) is 54.5 Å². The van der Waals surface area contributed by atoms with Crippen LogP contribution in [0.2, 0.25) is 0 Å². The van der Waals surface area contributed by atoms with Gasteiger partial charge in [0.15, 0.2) is 17.4 Å². The molecule has 202 valence electrons. The Balaban J connectivity index is 1.44. The summed E-state index contributed by atoms with van der Waals surface area (Å²) in [6.45, 7) is 9.58. The lowest BCUT2D eigenvalue weighted by Gasteiger charge is -2.43. The highest BCUT2D eigenvalue weighted by Gasteiger charge is 2.35. The van der Waals surface area contributed by atoms with E-state index in [1.807, 2.05) is 44.5 Å². The van der Waals surface area contributed by atoms with Crippen LogP contribution >= 0.6 is 0 Å². The van der Waals surface area contributed by atoms with Crippen molar-refractivity contribution in [2.24, 2.45) is 0 Å². The van der Waals surface area contributed by atoms with E-state index in [0.29, 0.717) is 36.8 Å². The Morgan fingerprint density at radius 1 is 1.11 bits per heavy atom. The quantitative estimate of drug-likeness (QED) is 0.427. The number of halogens is 3. The second-order valence-corrected chi connectivity index (χ2v) is 10.7. The predicted molar refractivity (Wildman–Crippen MR) is 142 cm³/mol. The van der Waals surface area contributed by atoms with Gasteiger partial charge in [0.05, 0.1) is 36.8 Å².